The van der Waals surface area contributed by atoms with Gasteiger partial charge in [0, 0.05) is 0 Å². The molecule has 1 atom stereocenters. The lowest BCUT2D eigenvalue weighted by Crippen LogP contribution is -2.44. The van der Waals surface area contributed by atoms with Crippen LogP contribution in [0.15, 0.2) is 21.7 Å². The Bertz CT molecular complexity index is 663. The summed E-state index contributed by atoms with van der Waals surface area (Å²) < 4.78 is 45.9. The van der Waals surface area contributed by atoms with Crippen LogP contribution in [0.5, 0.6) is 0 Å². The van der Waals surface area contributed by atoms with Gasteiger partial charge >= 0.3 is 0 Å². The number of amides is 1. The van der Waals surface area contributed by atoms with Crippen molar-refractivity contribution in [3.8, 4) is 0 Å². The van der Waals surface area contributed by atoms with Gasteiger partial charge in [-0.2, -0.15) is 0 Å². The van der Waals surface area contributed by atoms with Crippen LogP contribution in [0.3, 0.4) is 0 Å². The van der Waals surface area contributed by atoms with Crippen molar-refractivity contribution in [1.29, 1.82) is 0 Å². The molecule has 1 amide bonds. The number of sulfone groups is 1. The molecule has 1 fully saturated rings. The Morgan fingerprint density at radius 3 is 2.68 bits per heavy atom. The largest absolute Gasteiger partial charge is 0.277 e. The fraction of sp³-hybridized carbons (Fsp3) is 0.444. The predicted octanol–water partition coefficient (Wildman–Crippen LogP) is -0.508. The zero-order valence-electron chi connectivity index (χ0n) is 9.70. The zero-order valence-corrected chi connectivity index (χ0v) is 12.1. The maximum Gasteiger partial charge on any atom is 0.266 e. The lowest BCUT2D eigenvalue weighted by Gasteiger charge is -2.10. The molecular formula is C9H12N2O5S3. The Balaban J connectivity index is 1.95. The first kappa shape index (κ1) is 14.4. The molecule has 10 heteroatoms. The fourth-order valence-electron chi connectivity index (χ4n) is 1.69. The Morgan fingerprint density at radius 2 is 2.16 bits per heavy atom. The van der Waals surface area contributed by atoms with Crippen molar-refractivity contribution in [3.63, 3.8) is 0 Å². The quantitative estimate of drug-likeness (QED) is 0.725. The minimum atomic E-state index is -3.78. The van der Waals surface area contributed by atoms with E-state index >= 15 is 0 Å². The molecule has 2 heterocycles. The molecule has 2 N–H and O–H groups in total. The van der Waals surface area contributed by atoms with E-state index in [1.165, 1.54) is 6.07 Å². The number of hydrogen-bond donors (Lipinski definition) is 2. The third-order valence-electron chi connectivity index (χ3n) is 2.67. The van der Waals surface area contributed by atoms with Gasteiger partial charge in [0.25, 0.3) is 10.0 Å². The van der Waals surface area contributed by atoms with Gasteiger partial charge in [0.15, 0.2) is 9.84 Å². The number of hydrogen-bond acceptors (Lipinski definition) is 6. The average Bonchev–Trinajstić information content (AvgIpc) is 2.95. The van der Waals surface area contributed by atoms with Crippen molar-refractivity contribution < 1.29 is 21.6 Å². The Labute approximate surface area is 115 Å². The third-order valence-corrected chi connectivity index (χ3v) is 7.08. The van der Waals surface area contributed by atoms with Crippen molar-refractivity contribution in [2.75, 3.05) is 11.5 Å². The van der Waals surface area contributed by atoms with Crippen molar-refractivity contribution in [2.45, 2.75) is 10.6 Å². The van der Waals surface area contributed by atoms with Crippen LogP contribution in [0, 0.1) is 5.92 Å². The molecule has 0 bridgehead atoms. The van der Waals surface area contributed by atoms with Crippen LogP contribution in [-0.4, -0.2) is 34.2 Å². The van der Waals surface area contributed by atoms with E-state index < -0.39 is 31.7 Å². The first-order chi connectivity index (χ1) is 8.80. The maximum absolute atomic E-state index is 11.7. The molecule has 1 aromatic rings. The van der Waals surface area contributed by atoms with Gasteiger partial charge in [-0.1, -0.05) is 6.07 Å². The van der Waals surface area contributed by atoms with Crippen molar-refractivity contribution in [3.05, 3.63) is 17.5 Å². The van der Waals surface area contributed by atoms with E-state index in [0.717, 1.165) is 11.3 Å². The highest BCUT2D eigenvalue weighted by molar-refractivity contribution is 7.91. The molecule has 0 aliphatic carbocycles. The van der Waals surface area contributed by atoms with Crippen molar-refractivity contribution in [2.24, 2.45) is 5.92 Å². The zero-order chi connectivity index (χ0) is 14.1. The molecule has 0 spiro atoms. The minimum Gasteiger partial charge on any atom is -0.277 e. The normalized spacial score (nSPS) is 22.2. The summed E-state index contributed by atoms with van der Waals surface area (Å²) in [6, 6.07) is 2.98. The number of sulfonamides is 1. The van der Waals surface area contributed by atoms with Crippen LogP contribution in [0.25, 0.3) is 0 Å². The molecule has 1 aliphatic heterocycles. The molecule has 0 saturated carbocycles. The van der Waals surface area contributed by atoms with E-state index in [-0.39, 0.29) is 22.1 Å². The van der Waals surface area contributed by atoms with Crippen LogP contribution in [-0.2, 0) is 24.7 Å². The van der Waals surface area contributed by atoms with Crippen LogP contribution in [0.4, 0.5) is 0 Å². The van der Waals surface area contributed by atoms with Gasteiger partial charge in [0.05, 0.1) is 17.4 Å². The molecule has 1 saturated heterocycles. The first-order valence-corrected chi connectivity index (χ1v) is 9.54. The summed E-state index contributed by atoms with van der Waals surface area (Å²) in [5.74, 6) is -1.60. The van der Waals surface area contributed by atoms with E-state index in [9.17, 15) is 21.6 Å². The lowest BCUT2D eigenvalue weighted by molar-refractivity contribution is -0.124. The smallest absolute Gasteiger partial charge is 0.266 e. The second kappa shape index (κ2) is 5.19. The van der Waals surface area contributed by atoms with Crippen LogP contribution >= 0.6 is 11.3 Å². The topological polar surface area (TPSA) is 109 Å². The summed E-state index contributed by atoms with van der Waals surface area (Å²) in [5, 5.41) is 1.60. The highest BCUT2D eigenvalue weighted by Gasteiger charge is 2.33. The Morgan fingerprint density at radius 1 is 1.42 bits per heavy atom. The summed E-state index contributed by atoms with van der Waals surface area (Å²) in [6.45, 7) is 0. The number of thiophene rings is 1. The molecule has 0 unspecified atom stereocenters. The second-order valence-corrected chi connectivity index (χ2v) is 9.21. The number of rotatable bonds is 4. The molecule has 1 aromatic heterocycles. The average molecular weight is 324 g/mol. The second-order valence-electron chi connectivity index (χ2n) is 4.13. The van der Waals surface area contributed by atoms with E-state index in [1.54, 1.807) is 11.4 Å². The molecule has 0 radical (unpaired) electrons. The van der Waals surface area contributed by atoms with Gasteiger partial charge in [-0.05, 0) is 17.9 Å². The Hall–Kier alpha value is -0.970. The standard InChI is InChI=1S/C9H12N2O5S3/c12-9(7-3-5-18(13,14)6-7)10-11-19(15,16)8-2-1-4-17-8/h1-2,4,7,11H,3,5-6H2,(H,10,12)/t7-/m0/s1. The summed E-state index contributed by atoms with van der Waals surface area (Å²) in [5.41, 5.74) is 2.06. The summed E-state index contributed by atoms with van der Waals surface area (Å²) in [7, 11) is -6.96. The van der Waals surface area contributed by atoms with E-state index in [4.69, 9.17) is 0 Å². The van der Waals surface area contributed by atoms with E-state index in [0.29, 0.717) is 0 Å². The van der Waals surface area contributed by atoms with E-state index in [1.807, 2.05) is 4.83 Å². The van der Waals surface area contributed by atoms with Gasteiger partial charge in [-0.3, -0.25) is 10.2 Å². The fourth-order valence-corrected chi connectivity index (χ4v) is 5.27. The van der Waals surface area contributed by atoms with Gasteiger partial charge in [-0.25, -0.2) is 16.8 Å². The molecule has 7 nitrogen and oxygen atoms in total. The SMILES string of the molecule is O=C(NNS(=O)(=O)c1cccs1)[C@H]1CCS(=O)(=O)C1. The lowest BCUT2D eigenvalue weighted by atomic mass is 10.1. The maximum atomic E-state index is 11.7. The van der Waals surface area contributed by atoms with E-state index in [2.05, 4.69) is 5.43 Å². The molecule has 19 heavy (non-hydrogen) atoms. The monoisotopic (exact) mass is 324 g/mol. The predicted molar refractivity (Wildman–Crippen MR) is 69.5 cm³/mol. The highest BCUT2D eigenvalue weighted by atomic mass is 32.2. The van der Waals surface area contributed by atoms with Crippen LogP contribution in [0.2, 0.25) is 0 Å². The van der Waals surface area contributed by atoms with Crippen molar-refractivity contribution >= 4 is 37.1 Å². The van der Waals surface area contributed by atoms with Gasteiger partial charge < -0.3 is 0 Å². The summed E-state index contributed by atoms with van der Waals surface area (Å²) in [4.78, 5) is 13.6. The molecule has 2 rings (SSSR count). The molecule has 0 aromatic carbocycles. The van der Waals surface area contributed by atoms with Crippen LogP contribution in [0.1, 0.15) is 6.42 Å². The number of hydrazine groups is 1. The Kier molecular flexibility index (Phi) is 3.95. The molecule has 106 valence electrons. The summed E-state index contributed by atoms with van der Waals surface area (Å²) in [6.07, 6.45) is 0.217. The summed E-state index contributed by atoms with van der Waals surface area (Å²) >= 11 is 1.02. The molecule has 1 aliphatic rings. The molecular weight excluding hydrogens is 312 g/mol. The number of carbonyl (C=O) groups is 1. The van der Waals surface area contributed by atoms with Gasteiger partial charge in [0.2, 0.25) is 5.91 Å². The van der Waals surface area contributed by atoms with Crippen LogP contribution < -0.4 is 10.3 Å². The highest BCUT2D eigenvalue weighted by Crippen LogP contribution is 2.18. The van der Waals surface area contributed by atoms with Gasteiger partial charge in [0.1, 0.15) is 4.21 Å². The third kappa shape index (κ3) is 3.53. The minimum absolute atomic E-state index is 0.0389. The first-order valence-electron chi connectivity index (χ1n) is 5.36. The number of nitrogens with one attached hydrogen (secondary N) is 2. The van der Waals surface area contributed by atoms with Crippen molar-refractivity contribution in [1.82, 2.24) is 10.3 Å². The number of carbonyl (C=O) groups excluding carboxylic acids is 1. The van der Waals surface area contributed by atoms with Gasteiger partial charge in [-0.15, -0.1) is 16.2 Å².